The van der Waals surface area contributed by atoms with Gasteiger partial charge in [0.05, 0.1) is 12.9 Å². The second-order valence-corrected chi connectivity index (χ2v) is 6.81. The maximum absolute atomic E-state index is 11.7. The van der Waals surface area contributed by atoms with Crippen LogP contribution in [-0.4, -0.2) is 61.0 Å². The van der Waals surface area contributed by atoms with Gasteiger partial charge in [-0.3, -0.25) is 14.2 Å². The third kappa shape index (κ3) is 3.45. The van der Waals surface area contributed by atoms with Gasteiger partial charge >= 0.3 is 11.9 Å². The lowest BCUT2D eigenvalue weighted by atomic mass is 9.94. The molecule has 0 unspecified atom stereocenters. The molecule has 0 aliphatic carbocycles. The molecule has 1 aliphatic heterocycles. The van der Waals surface area contributed by atoms with Crippen molar-refractivity contribution in [2.45, 2.75) is 44.8 Å². The first kappa shape index (κ1) is 19.7. The molecular formula is C15H16Cl2N4O6. The van der Waals surface area contributed by atoms with E-state index in [9.17, 15) is 14.7 Å². The third-order valence-electron chi connectivity index (χ3n) is 4.22. The number of nitrogens with zero attached hydrogens (tertiary/aromatic N) is 4. The normalized spacial score (nSPS) is 27.7. The molecule has 0 saturated carbocycles. The zero-order chi connectivity index (χ0) is 19.9. The summed E-state index contributed by atoms with van der Waals surface area (Å²) in [6.45, 7) is 3.44. The number of carbonyl (C=O) groups excluding carboxylic acids is 2. The average molecular weight is 419 g/mol. The predicted octanol–water partition coefficient (Wildman–Crippen LogP) is 1.28. The Balaban J connectivity index is 2.13. The van der Waals surface area contributed by atoms with Gasteiger partial charge in [0.2, 0.25) is 5.28 Å². The number of halogens is 2. The summed E-state index contributed by atoms with van der Waals surface area (Å²) in [6, 6.07) is 0. The van der Waals surface area contributed by atoms with Crippen molar-refractivity contribution in [1.29, 1.82) is 0 Å². The standard InChI is InChI=1S/C15H16Cl2N4O6/c1-6(23)25-10-13(26-8(4-22)15(10,3)27-7(2)24)21-5-18-9-11(16)19-14(17)20-12(9)21/h5,8,10,13,22H,4H2,1-3H3/t8-,10+,13-,15-/m1/s1. The molecule has 12 heteroatoms. The van der Waals surface area contributed by atoms with E-state index in [1.807, 2.05) is 0 Å². The van der Waals surface area contributed by atoms with Crippen LogP contribution in [0.5, 0.6) is 0 Å². The van der Waals surface area contributed by atoms with E-state index in [-0.39, 0.29) is 21.6 Å². The average Bonchev–Trinajstić information content (AvgIpc) is 3.07. The van der Waals surface area contributed by atoms with Gasteiger partial charge in [0.25, 0.3) is 0 Å². The molecule has 2 aromatic heterocycles. The van der Waals surface area contributed by atoms with E-state index >= 15 is 0 Å². The van der Waals surface area contributed by atoms with Gasteiger partial charge < -0.3 is 19.3 Å². The molecule has 1 saturated heterocycles. The molecule has 0 spiro atoms. The highest BCUT2D eigenvalue weighted by Crippen LogP contribution is 2.43. The number of esters is 2. The van der Waals surface area contributed by atoms with Crippen molar-refractivity contribution >= 4 is 46.3 Å². The fourth-order valence-corrected chi connectivity index (χ4v) is 3.53. The molecule has 3 rings (SSSR count). The van der Waals surface area contributed by atoms with Crippen LogP contribution in [0.1, 0.15) is 27.0 Å². The highest BCUT2D eigenvalue weighted by atomic mass is 35.5. The van der Waals surface area contributed by atoms with Crippen molar-refractivity contribution in [2.24, 2.45) is 0 Å². The molecule has 0 amide bonds. The van der Waals surface area contributed by atoms with E-state index < -0.39 is 42.6 Å². The van der Waals surface area contributed by atoms with Crippen LogP contribution in [0.25, 0.3) is 11.2 Å². The van der Waals surface area contributed by atoms with Crippen LogP contribution in [0.2, 0.25) is 10.4 Å². The lowest BCUT2D eigenvalue weighted by Crippen LogP contribution is -2.51. The molecule has 0 radical (unpaired) electrons. The Morgan fingerprint density at radius 1 is 1.33 bits per heavy atom. The van der Waals surface area contributed by atoms with Gasteiger partial charge in [0.15, 0.2) is 28.7 Å². The van der Waals surface area contributed by atoms with Gasteiger partial charge in [0.1, 0.15) is 11.6 Å². The van der Waals surface area contributed by atoms with Crippen molar-refractivity contribution in [2.75, 3.05) is 6.61 Å². The molecule has 1 fully saturated rings. The first-order valence-electron chi connectivity index (χ1n) is 7.86. The van der Waals surface area contributed by atoms with Crippen molar-refractivity contribution < 1.29 is 28.9 Å². The molecule has 10 nitrogen and oxygen atoms in total. The highest BCUT2D eigenvalue weighted by Gasteiger charge is 2.59. The summed E-state index contributed by atoms with van der Waals surface area (Å²) in [5.74, 6) is -1.25. The van der Waals surface area contributed by atoms with Gasteiger partial charge in [-0.2, -0.15) is 4.98 Å². The van der Waals surface area contributed by atoms with E-state index in [2.05, 4.69) is 15.0 Å². The molecule has 0 bridgehead atoms. The van der Waals surface area contributed by atoms with Crippen LogP contribution >= 0.6 is 23.2 Å². The quantitative estimate of drug-likeness (QED) is 0.443. The summed E-state index contributed by atoms with van der Waals surface area (Å²) in [7, 11) is 0. The highest BCUT2D eigenvalue weighted by molar-refractivity contribution is 6.35. The molecule has 1 aliphatic rings. The Hall–Kier alpha value is -2.01. The summed E-state index contributed by atoms with van der Waals surface area (Å²) in [5, 5.41) is 9.66. The van der Waals surface area contributed by atoms with Crippen LogP contribution in [-0.2, 0) is 23.8 Å². The zero-order valence-electron chi connectivity index (χ0n) is 14.5. The van der Waals surface area contributed by atoms with E-state index in [4.69, 9.17) is 37.4 Å². The maximum atomic E-state index is 11.7. The SMILES string of the molecule is CC(=O)O[C@H]1[C@H](n2cnc3c(Cl)nc(Cl)nc32)O[C@H](CO)[C@@]1(C)OC(C)=O. The van der Waals surface area contributed by atoms with Crippen molar-refractivity contribution in [3.05, 3.63) is 16.8 Å². The second-order valence-electron chi connectivity index (χ2n) is 6.11. The number of aliphatic hydroxyl groups excluding tert-OH is 1. The van der Waals surface area contributed by atoms with Gasteiger partial charge in [0, 0.05) is 13.8 Å². The third-order valence-corrected chi connectivity index (χ3v) is 4.65. The topological polar surface area (TPSA) is 126 Å². The largest absolute Gasteiger partial charge is 0.453 e. The number of hydrogen-bond donors (Lipinski definition) is 1. The lowest BCUT2D eigenvalue weighted by Gasteiger charge is -2.33. The van der Waals surface area contributed by atoms with Crippen LogP contribution in [0.15, 0.2) is 6.33 Å². The summed E-state index contributed by atoms with van der Waals surface area (Å²) in [5.41, 5.74) is -0.965. The number of fused-ring (bicyclic) bond motifs is 1. The number of aliphatic hydroxyl groups is 1. The number of hydrogen-bond acceptors (Lipinski definition) is 9. The predicted molar refractivity (Wildman–Crippen MR) is 92.1 cm³/mol. The minimum Gasteiger partial charge on any atom is -0.453 e. The summed E-state index contributed by atoms with van der Waals surface area (Å²) in [4.78, 5) is 35.3. The molecule has 1 N–H and O–H groups in total. The minimum atomic E-state index is -1.45. The molecule has 0 aromatic carbocycles. The van der Waals surface area contributed by atoms with E-state index in [1.165, 1.54) is 31.7 Å². The van der Waals surface area contributed by atoms with Crippen molar-refractivity contribution in [3.8, 4) is 0 Å². The van der Waals surface area contributed by atoms with Crippen LogP contribution < -0.4 is 0 Å². The Morgan fingerprint density at radius 2 is 2.04 bits per heavy atom. The minimum absolute atomic E-state index is 0.0345. The maximum Gasteiger partial charge on any atom is 0.303 e. The fourth-order valence-electron chi connectivity index (χ4n) is 3.11. The number of imidazole rings is 1. The molecule has 4 atom stereocenters. The molecular weight excluding hydrogens is 403 g/mol. The molecule has 27 heavy (non-hydrogen) atoms. The zero-order valence-corrected chi connectivity index (χ0v) is 16.1. The van der Waals surface area contributed by atoms with Gasteiger partial charge in [-0.15, -0.1) is 0 Å². The van der Waals surface area contributed by atoms with Gasteiger partial charge in [-0.05, 0) is 18.5 Å². The van der Waals surface area contributed by atoms with Crippen LogP contribution in [0.3, 0.4) is 0 Å². The van der Waals surface area contributed by atoms with Crippen molar-refractivity contribution in [3.63, 3.8) is 0 Å². The van der Waals surface area contributed by atoms with E-state index in [1.54, 1.807) is 0 Å². The number of carbonyl (C=O) groups is 2. The Bertz CT molecular complexity index is 906. The Morgan fingerprint density at radius 3 is 2.63 bits per heavy atom. The van der Waals surface area contributed by atoms with Crippen LogP contribution in [0, 0.1) is 0 Å². The summed E-state index contributed by atoms with van der Waals surface area (Å²) < 4.78 is 18.1. The van der Waals surface area contributed by atoms with Gasteiger partial charge in [-0.25, -0.2) is 9.97 Å². The summed E-state index contributed by atoms with van der Waals surface area (Å²) >= 11 is 11.9. The smallest absolute Gasteiger partial charge is 0.303 e. The Labute approximate surface area is 163 Å². The van der Waals surface area contributed by atoms with Gasteiger partial charge in [-0.1, -0.05) is 11.6 Å². The summed E-state index contributed by atoms with van der Waals surface area (Å²) in [6.07, 6.45) is -1.72. The lowest BCUT2D eigenvalue weighted by molar-refractivity contribution is -0.182. The molecule has 3 heterocycles. The fraction of sp³-hybridized carbons (Fsp3) is 0.533. The van der Waals surface area contributed by atoms with E-state index in [0.29, 0.717) is 0 Å². The number of ether oxygens (including phenoxy) is 3. The number of rotatable bonds is 4. The van der Waals surface area contributed by atoms with E-state index in [0.717, 1.165) is 0 Å². The molecule has 2 aromatic rings. The Kier molecular flexibility index (Phi) is 5.26. The van der Waals surface area contributed by atoms with Crippen LogP contribution in [0.4, 0.5) is 0 Å². The monoisotopic (exact) mass is 418 g/mol. The van der Waals surface area contributed by atoms with Crippen molar-refractivity contribution in [1.82, 2.24) is 19.5 Å². The second kappa shape index (κ2) is 7.19. The molecule has 146 valence electrons. The first-order valence-corrected chi connectivity index (χ1v) is 8.61. The number of aromatic nitrogens is 4. The first-order chi connectivity index (χ1) is 12.7.